The summed E-state index contributed by atoms with van der Waals surface area (Å²) < 4.78 is 14.9. The van der Waals surface area contributed by atoms with Gasteiger partial charge in [-0.1, -0.05) is 23.7 Å². The topological polar surface area (TPSA) is 94.8 Å². The summed E-state index contributed by atoms with van der Waals surface area (Å²) in [5, 5.41) is 3.49. The van der Waals surface area contributed by atoms with Crippen LogP contribution in [0.1, 0.15) is 64.8 Å². The minimum Gasteiger partial charge on any atom is -0.497 e. The molecule has 0 spiro atoms. The van der Waals surface area contributed by atoms with Gasteiger partial charge in [0.05, 0.1) is 42.2 Å². The first-order valence-electron chi connectivity index (χ1n) is 14.5. The minimum absolute atomic E-state index is 0.0679. The fourth-order valence-corrected chi connectivity index (χ4v) is 5.88. The Morgan fingerprint density at radius 1 is 1.02 bits per heavy atom. The van der Waals surface area contributed by atoms with Crippen molar-refractivity contribution in [3.8, 4) is 17.2 Å². The second-order valence-electron chi connectivity index (χ2n) is 11.2. The molecular weight excluding hydrogens is 648 g/mol. The van der Waals surface area contributed by atoms with Crippen LogP contribution >= 0.6 is 27.5 Å². The van der Waals surface area contributed by atoms with Crippen LogP contribution in [0.4, 0.5) is 0 Å². The fraction of sp³-hybridized carbons (Fsp3) is 0.303. The van der Waals surface area contributed by atoms with E-state index < -0.39 is 5.91 Å². The summed E-state index contributed by atoms with van der Waals surface area (Å²) in [4.78, 5) is 43.5. The molecule has 0 bridgehead atoms. The van der Waals surface area contributed by atoms with Gasteiger partial charge in [0.15, 0.2) is 0 Å². The van der Waals surface area contributed by atoms with E-state index in [2.05, 4.69) is 21.2 Å². The standard InChI is InChI=1S/C33H32BrClN4O5/c1-19-17-38-29(18-37(19)32(41)22-6-15-27(34)28(35)16-22)30(31(40)36-20(2)21-4-9-24(43-3)10-5-21)39(33(38)42)23-7-11-25(12-8-23)44-26-13-14-26/h4-12,15-16,19-20,26H,13-14,17-18H2,1-3H3,(H,36,40). The quantitative estimate of drug-likeness (QED) is 0.242. The number of aromatic nitrogens is 2. The summed E-state index contributed by atoms with van der Waals surface area (Å²) in [6, 6.07) is 19.0. The Labute approximate surface area is 268 Å². The normalized spacial score (nSPS) is 16.7. The molecule has 6 rings (SSSR count). The molecule has 0 saturated heterocycles. The van der Waals surface area contributed by atoms with Crippen LogP contribution in [0.25, 0.3) is 5.69 Å². The zero-order chi connectivity index (χ0) is 31.1. The van der Waals surface area contributed by atoms with Crippen LogP contribution in [0.2, 0.25) is 5.02 Å². The summed E-state index contributed by atoms with van der Waals surface area (Å²) in [6.45, 7) is 4.07. The number of ether oxygens (including phenoxy) is 2. The second kappa shape index (κ2) is 12.2. The van der Waals surface area contributed by atoms with Gasteiger partial charge in [-0.3, -0.25) is 18.7 Å². The van der Waals surface area contributed by atoms with E-state index in [1.54, 1.807) is 46.9 Å². The third-order valence-corrected chi connectivity index (χ3v) is 9.30. The molecule has 2 aliphatic rings. The molecule has 1 aliphatic heterocycles. The SMILES string of the molecule is COc1ccc(C(C)NC(=O)c2c3n(c(=O)n2-c2ccc(OC4CC4)cc2)CC(C)N(C(=O)c2ccc(Br)c(Cl)c2)C3)cc1. The van der Waals surface area contributed by atoms with Crippen LogP contribution in [0.5, 0.6) is 11.5 Å². The number of hydrogen-bond donors (Lipinski definition) is 1. The Morgan fingerprint density at radius 3 is 2.34 bits per heavy atom. The van der Waals surface area contributed by atoms with Crippen molar-refractivity contribution in [1.82, 2.24) is 19.4 Å². The zero-order valence-electron chi connectivity index (χ0n) is 24.6. The van der Waals surface area contributed by atoms with E-state index in [1.165, 1.54) is 4.57 Å². The number of amides is 2. The Bertz CT molecular complexity index is 1780. The lowest BCUT2D eigenvalue weighted by atomic mass is 10.1. The van der Waals surface area contributed by atoms with Gasteiger partial charge in [0.1, 0.15) is 17.2 Å². The molecule has 1 N–H and O–H groups in total. The van der Waals surface area contributed by atoms with Gasteiger partial charge in [0.2, 0.25) is 0 Å². The molecule has 2 unspecified atom stereocenters. The van der Waals surface area contributed by atoms with Crippen molar-refractivity contribution >= 4 is 39.3 Å². The van der Waals surface area contributed by atoms with E-state index in [0.717, 1.165) is 18.4 Å². The van der Waals surface area contributed by atoms with Crippen LogP contribution in [-0.4, -0.2) is 45.1 Å². The lowest BCUT2D eigenvalue weighted by Crippen LogP contribution is -2.47. The average molecular weight is 680 g/mol. The number of nitrogens with zero attached hydrogens (tertiary/aromatic N) is 3. The van der Waals surface area contributed by atoms with Crippen molar-refractivity contribution in [3.05, 3.63) is 109 Å². The maximum absolute atomic E-state index is 14.1. The highest BCUT2D eigenvalue weighted by molar-refractivity contribution is 9.10. The Kier molecular flexibility index (Phi) is 8.30. The monoisotopic (exact) mass is 678 g/mol. The molecule has 2 amide bonds. The van der Waals surface area contributed by atoms with E-state index >= 15 is 0 Å². The van der Waals surface area contributed by atoms with E-state index in [9.17, 15) is 14.4 Å². The highest BCUT2D eigenvalue weighted by Crippen LogP contribution is 2.30. The first-order chi connectivity index (χ1) is 21.1. The predicted molar refractivity (Wildman–Crippen MR) is 171 cm³/mol. The van der Waals surface area contributed by atoms with Crippen molar-refractivity contribution < 1.29 is 19.1 Å². The van der Waals surface area contributed by atoms with Gasteiger partial charge in [-0.2, -0.15) is 0 Å². The number of hydrogen-bond acceptors (Lipinski definition) is 5. The number of benzene rings is 3. The van der Waals surface area contributed by atoms with E-state index in [0.29, 0.717) is 37.9 Å². The molecule has 1 aliphatic carbocycles. The van der Waals surface area contributed by atoms with Crippen LogP contribution in [0.15, 0.2) is 76.0 Å². The Morgan fingerprint density at radius 2 is 1.70 bits per heavy atom. The maximum Gasteiger partial charge on any atom is 0.333 e. The predicted octanol–water partition coefficient (Wildman–Crippen LogP) is 6.14. The summed E-state index contributed by atoms with van der Waals surface area (Å²) in [6.07, 6.45) is 2.30. The number of rotatable bonds is 8. The van der Waals surface area contributed by atoms with E-state index in [1.807, 2.05) is 50.2 Å². The fourth-order valence-electron chi connectivity index (χ4n) is 5.45. The maximum atomic E-state index is 14.1. The number of halogens is 2. The van der Waals surface area contributed by atoms with Crippen LogP contribution in [0, 0.1) is 0 Å². The third-order valence-electron chi connectivity index (χ3n) is 8.07. The third kappa shape index (κ3) is 5.88. The van der Waals surface area contributed by atoms with Crippen LogP contribution in [-0.2, 0) is 13.1 Å². The van der Waals surface area contributed by atoms with Gasteiger partial charge >= 0.3 is 5.69 Å². The highest BCUT2D eigenvalue weighted by Gasteiger charge is 2.36. The molecule has 1 saturated carbocycles. The molecule has 228 valence electrons. The minimum atomic E-state index is -0.425. The largest absolute Gasteiger partial charge is 0.497 e. The summed E-state index contributed by atoms with van der Waals surface area (Å²) in [5.41, 5.74) is 2.13. The molecule has 4 aromatic rings. The lowest BCUT2D eigenvalue weighted by Gasteiger charge is -2.34. The number of carbonyl (C=O) groups is 2. The first kappa shape index (κ1) is 30.0. The molecule has 44 heavy (non-hydrogen) atoms. The summed E-state index contributed by atoms with van der Waals surface area (Å²) in [5.74, 6) is 0.762. The van der Waals surface area contributed by atoms with Gasteiger partial charge in [0, 0.05) is 22.6 Å². The van der Waals surface area contributed by atoms with E-state index in [-0.39, 0.29) is 48.6 Å². The summed E-state index contributed by atoms with van der Waals surface area (Å²) >= 11 is 9.67. The molecule has 2 heterocycles. The molecule has 0 radical (unpaired) electrons. The van der Waals surface area contributed by atoms with Crippen molar-refractivity contribution in [1.29, 1.82) is 0 Å². The molecule has 1 fully saturated rings. The molecule has 3 aromatic carbocycles. The number of nitrogens with one attached hydrogen (secondary N) is 1. The van der Waals surface area contributed by atoms with Crippen molar-refractivity contribution in [3.63, 3.8) is 0 Å². The zero-order valence-corrected chi connectivity index (χ0v) is 26.9. The van der Waals surface area contributed by atoms with E-state index in [4.69, 9.17) is 21.1 Å². The van der Waals surface area contributed by atoms with Gasteiger partial charge in [-0.15, -0.1) is 0 Å². The smallest absolute Gasteiger partial charge is 0.333 e. The molecule has 9 nitrogen and oxygen atoms in total. The second-order valence-corrected chi connectivity index (χ2v) is 12.5. The number of fused-ring (bicyclic) bond motifs is 1. The van der Waals surface area contributed by atoms with Crippen molar-refractivity contribution in [2.75, 3.05) is 7.11 Å². The number of methoxy groups -OCH3 is 1. The Balaban J connectivity index is 1.39. The molecule has 2 atom stereocenters. The lowest BCUT2D eigenvalue weighted by molar-refractivity contribution is 0.0610. The van der Waals surface area contributed by atoms with Crippen molar-refractivity contribution in [2.24, 2.45) is 0 Å². The number of carbonyl (C=O) groups excluding carboxylic acids is 2. The van der Waals surface area contributed by atoms with Gasteiger partial charge in [-0.05, 0) is 103 Å². The summed E-state index contributed by atoms with van der Waals surface area (Å²) in [7, 11) is 1.60. The van der Waals surface area contributed by atoms with Gasteiger partial charge < -0.3 is 19.7 Å². The average Bonchev–Trinajstić information content (AvgIpc) is 3.80. The molecular formula is C33H32BrClN4O5. The van der Waals surface area contributed by atoms with Crippen LogP contribution in [0.3, 0.4) is 0 Å². The van der Waals surface area contributed by atoms with Gasteiger partial charge in [0.25, 0.3) is 11.8 Å². The molecule has 11 heteroatoms. The Hall–Kier alpha value is -4.02. The number of imidazole rings is 1. The molecule has 1 aromatic heterocycles. The van der Waals surface area contributed by atoms with Crippen molar-refractivity contribution in [2.45, 2.75) is 58.0 Å². The van der Waals surface area contributed by atoms with Crippen LogP contribution < -0.4 is 20.5 Å². The first-order valence-corrected chi connectivity index (χ1v) is 15.6. The highest BCUT2D eigenvalue weighted by atomic mass is 79.9. The van der Waals surface area contributed by atoms with Gasteiger partial charge in [-0.25, -0.2) is 4.79 Å².